The lowest BCUT2D eigenvalue weighted by molar-refractivity contribution is 0.198. The number of nitrogens with zero attached hydrogens (tertiary/aromatic N) is 5. The molecule has 3 aromatic rings. The predicted molar refractivity (Wildman–Crippen MR) is 107 cm³/mol. The number of likely N-dealkylation sites (tertiary alicyclic amines) is 1. The van der Waals surface area contributed by atoms with E-state index in [9.17, 15) is 0 Å². The van der Waals surface area contributed by atoms with Crippen LogP contribution in [0.2, 0.25) is 0 Å². The van der Waals surface area contributed by atoms with Crippen LogP contribution in [0.1, 0.15) is 35.6 Å². The molecule has 0 bridgehead atoms. The van der Waals surface area contributed by atoms with Crippen molar-refractivity contribution in [2.75, 3.05) is 18.4 Å². The van der Waals surface area contributed by atoms with Crippen LogP contribution in [0.15, 0.2) is 48.9 Å². The van der Waals surface area contributed by atoms with E-state index in [-0.39, 0.29) is 0 Å². The summed E-state index contributed by atoms with van der Waals surface area (Å²) in [7, 11) is 1.97. The SMILES string of the molecule is Cc1cccnc1Nc1cccc([C@H]2CCCN(Cc3cnn(C)c3)C2)n1. The third-order valence-electron chi connectivity index (χ3n) is 5.11. The minimum absolute atomic E-state index is 0.460. The molecule has 4 rings (SSSR count). The zero-order chi connectivity index (χ0) is 18.6. The van der Waals surface area contributed by atoms with Crippen LogP contribution >= 0.6 is 0 Å². The van der Waals surface area contributed by atoms with Crippen molar-refractivity contribution >= 4 is 11.6 Å². The number of piperidine rings is 1. The van der Waals surface area contributed by atoms with Crippen LogP contribution < -0.4 is 5.32 Å². The quantitative estimate of drug-likeness (QED) is 0.751. The van der Waals surface area contributed by atoms with Crippen LogP contribution in [0.3, 0.4) is 0 Å². The van der Waals surface area contributed by atoms with Gasteiger partial charge in [0.1, 0.15) is 11.6 Å². The topological polar surface area (TPSA) is 58.9 Å². The van der Waals surface area contributed by atoms with E-state index in [1.807, 2.05) is 30.1 Å². The summed E-state index contributed by atoms with van der Waals surface area (Å²) in [5, 5.41) is 7.64. The van der Waals surface area contributed by atoms with E-state index in [1.165, 1.54) is 18.4 Å². The number of pyridine rings is 2. The van der Waals surface area contributed by atoms with Gasteiger partial charge in [-0.05, 0) is 50.1 Å². The summed E-state index contributed by atoms with van der Waals surface area (Å²) in [6.07, 6.45) is 8.24. The van der Waals surface area contributed by atoms with E-state index in [2.05, 4.69) is 51.6 Å². The zero-order valence-electron chi connectivity index (χ0n) is 16.0. The van der Waals surface area contributed by atoms with Gasteiger partial charge < -0.3 is 5.32 Å². The normalized spacial score (nSPS) is 17.8. The van der Waals surface area contributed by atoms with Gasteiger partial charge in [-0.1, -0.05) is 12.1 Å². The number of hydrogen-bond acceptors (Lipinski definition) is 5. The molecule has 0 unspecified atom stereocenters. The van der Waals surface area contributed by atoms with Gasteiger partial charge in [-0.25, -0.2) is 9.97 Å². The summed E-state index contributed by atoms with van der Waals surface area (Å²) < 4.78 is 1.87. The fraction of sp³-hybridized carbons (Fsp3) is 0.381. The van der Waals surface area contributed by atoms with Gasteiger partial charge in [-0.15, -0.1) is 0 Å². The molecule has 140 valence electrons. The van der Waals surface area contributed by atoms with Crippen LogP contribution in [0.25, 0.3) is 0 Å². The van der Waals surface area contributed by atoms with Crippen LogP contribution in [0.4, 0.5) is 11.6 Å². The minimum atomic E-state index is 0.460. The maximum Gasteiger partial charge on any atom is 0.134 e. The molecule has 1 atom stereocenters. The molecule has 1 saturated heterocycles. The van der Waals surface area contributed by atoms with Crippen LogP contribution in [0.5, 0.6) is 0 Å². The summed E-state index contributed by atoms with van der Waals surface area (Å²) >= 11 is 0. The van der Waals surface area contributed by atoms with Crippen molar-refractivity contribution < 1.29 is 0 Å². The monoisotopic (exact) mass is 362 g/mol. The van der Waals surface area contributed by atoms with E-state index in [4.69, 9.17) is 4.98 Å². The number of nitrogens with one attached hydrogen (secondary N) is 1. The van der Waals surface area contributed by atoms with Crippen LogP contribution in [0, 0.1) is 6.92 Å². The first kappa shape index (κ1) is 17.7. The first-order chi connectivity index (χ1) is 13.2. The second-order valence-corrected chi connectivity index (χ2v) is 7.34. The van der Waals surface area contributed by atoms with Gasteiger partial charge in [-0.2, -0.15) is 5.10 Å². The molecule has 3 aromatic heterocycles. The molecule has 0 saturated carbocycles. The highest BCUT2D eigenvalue weighted by Crippen LogP contribution is 2.28. The van der Waals surface area contributed by atoms with E-state index in [0.717, 1.165) is 42.5 Å². The minimum Gasteiger partial charge on any atom is -0.325 e. The third kappa shape index (κ3) is 4.34. The van der Waals surface area contributed by atoms with E-state index < -0.39 is 0 Å². The molecule has 0 aliphatic carbocycles. The number of rotatable bonds is 5. The molecule has 1 aliphatic heterocycles. The lowest BCUT2D eigenvalue weighted by Gasteiger charge is -2.32. The smallest absolute Gasteiger partial charge is 0.134 e. The van der Waals surface area contributed by atoms with Crippen molar-refractivity contribution in [2.24, 2.45) is 7.05 Å². The molecule has 1 aliphatic rings. The molecule has 0 spiro atoms. The Morgan fingerprint density at radius 1 is 1.22 bits per heavy atom. The van der Waals surface area contributed by atoms with Crippen molar-refractivity contribution in [3.63, 3.8) is 0 Å². The van der Waals surface area contributed by atoms with Gasteiger partial charge >= 0.3 is 0 Å². The molecule has 6 nitrogen and oxygen atoms in total. The molecular formula is C21H26N6. The lowest BCUT2D eigenvalue weighted by atomic mass is 9.94. The van der Waals surface area contributed by atoms with E-state index in [0.29, 0.717) is 5.92 Å². The van der Waals surface area contributed by atoms with E-state index >= 15 is 0 Å². The molecule has 4 heterocycles. The van der Waals surface area contributed by atoms with Crippen molar-refractivity contribution in [1.29, 1.82) is 0 Å². The summed E-state index contributed by atoms with van der Waals surface area (Å²) in [5.41, 5.74) is 3.54. The highest BCUT2D eigenvalue weighted by Gasteiger charge is 2.23. The van der Waals surface area contributed by atoms with Gasteiger partial charge in [0.05, 0.1) is 6.20 Å². The number of anilines is 2. The second-order valence-electron chi connectivity index (χ2n) is 7.34. The maximum atomic E-state index is 4.88. The fourth-order valence-corrected chi connectivity index (χ4v) is 3.74. The summed E-state index contributed by atoms with van der Waals surface area (Å²) in [6, 6.07) is 10.2. The second kappa shape index (κ2) is 7.88. The molecule has 6 heteroatoms. The van der Waals surface area contributed by atoms with Crippen molar-refractivity contribution in [3.05, 3.63) is 65.7 Å². The van der Waals surface area contributed by atoms with Crippen molar-refractivity contribution in [1.82, 2.24) is 24.6 Å². The summed E-state index contributed by atoms with van der Waals surface area (Å²) in [5.74, 6) is 2.18. The van der Waals surface area contributed by atoms with Gasteiger partial charge in [-0.3, -0.25) is 9.58 Å². The average molecular weight is 362 g/mol. The number of hydrogen-bond donors (Lipinski definition) is 1. The lowest BCUT2D eigenvalue weighted by Crippen LogP contribution is -2.34. The van der Waals surface area contributed by atoms with Gasteiger partial charge in [0, 0.05) is 49.7 Å². The van der Waals surface area contributed by atoms with Crippen molar-refractivity contribution in [2.45, 2.75) is 32.2 Å². The third-order valence-corrected chi connectivity index (χ3v) is 5.11. The Morgan fingerprint density at radius 2 is 2.15 bits per heavy atom. The molecule has 0 aromatic carbocycles. The highest BCUT2D eigenvalue weighted by atomic mass is 15.2. The maximum absolute atomic E-state index is 4.88. The first-order valence-corrected chi connectivity index (χ1v) is 9.53. The Bertz CT molecular complexity index is 903. The first-order valence-electron chi connectivity index (χ1n) is 9.53. The van der Waals surface area contributed by atoms with Gasteiger partial charge in [0.15, 0.2) is 0 Å². The Labute approximate surface area is 160 Å². The Morgan fingerprint density at radius 3 is 2.96 bits per heavy atom. The molecule has 27 heavy (non-hydrogen) atoms. The summed E-state index contributed by atoms with van der Waals surface area (Å²) in [6.45, 7) is 5.18. The zero-order valence-corrected chi connectivity index (χ0v) is 16.0. The average Bonchev–Trinajstić information content (AvgIpc) is 3.09. The van der Waals surface area contributed by atoms with Crippen LogP contribution in [-0.2, 0) is 13.6 Å². The van der Waals surface area contributed by atoms with E-state index in [1.54, 1.807) is 6.20 Å². The molecule has 0 radical (unpaired) electrons. The van der Waals surface area contributed by atoms with Gasteiger partial charge in [0.2, 0.25) is 0 Å². The molecule has 1 N–H and O–H groups in total. The predicted octanol–water partition coefficient (Wildman–Crippen LogP) is 3.64. The molecular weight excluding hydrogens is 336 g/mol. The van der Waals surface area contributed by atoms with Crippen LogP contribution in [-0.4, -0.2) is 37.7 Å². The van der Waals surface area contributed by atoms with Gasteiger partial charge in [0.25, 0.3) is 0 Å². The largest absolute Gasteiger partial charge is 0.325 e. The highest BCUT2D eigenvalue weighted by molar-refractivity contribution is 5.55. The number of aryl methyl sites for hydroxylation is 2. The summed E-state index contributed by atoms with van der Waals surface area (Å²) in [4.78, 5) is 11.8. The van der Waals surface area contributed by atoms with Crippen molar-refractivity contribution in [3.8, 4) is 0 Å². The Balaban J connectivity index is 1.45. The molecule has 0 amide bonds. The Kier molecular flexibility index (Phi) is 5.16. The molecule has 1 fully saturated rings. The fourth-order valence-electron chi connectivity index (χ4n) is 3.74. The standard InChI is InChI=1S/C21H26N6/c1-16-6-4-10-22-21(16)25-20-9-3-8-19(24-20)18-7-5-11-27(15-18)14-17-12-23-26(2)13-17/h3-4,6,8-10,12-13,18H,5,7,11,14-15H2,1-2H3,(H,22,24,25)/t18-/m0/s1. The Hall–Kier alpha value is -2.73. The number of aromatic nitrogens is 4.